The molecule has 0 aliphatic carbocycles. The molecule has 0 bridgehead atoms. The van der Waals surface area contributed by atoms with Gasteiger partial charge in [0.15, 0.2) is 0 Å². The van der Waals surface area contributed by atoms with Crippen molar-refractivity contribution in [3.8, 4) is 0 Å². The molecule has 0 fully saturated rings. The number of hydrogen-bond acceptors (Lipinski definition) is 4. The molecule has 5 nitrogen and oxygen atoms in total. The molecule has 0 saturated heterocycles. The minimum Gasteiger partial charge on any atom is -0.444 e. The molecule has 4 N–H and O–H groups in total. The molecule has 1 rings (SSSR count). The van der Waals surface area contributed by atoms with E-state index in [2.05, 4.69) is 5.32 Å². The summed E-state index contributed by atoms with van der Waals surface area (Å²) in [4.78, 5) is 11.9. The van der Waals surface area contributed by atoms with Gasteiger partial charge in [-0.1, -0.05) is 30.3 Å². The van der Waals surface area contributed by atoms with E-state index in [1.165, 1.54) is 0 Å². The molecule has 5 heteroatoms. The van der Waals surface area contributed by atoms with Crippen LogP contribution in [-0.4, -0.2) is 35.0 Å². The van der Waals surface area contributed by atoms with Crippen molar-refractivity contribution >= 4 is 6.09 Å². The number of benzene rings is 1. The van der Waals surface area contributed by atoms with Crippen LogP contribution in [0, 0.1) is 0 Å². The summed E-state index contributed by atoms with van der Waals surface area (Å²) in [5.41, 5.74) is 6.18. The number of carbonyl (C=O) groups is 1. The number of rotatable bonds is 5. The van der Waals surface area contributed by atoms with Gasteiger partial charge in [0.2, 0.25) is 0 Å². The Kier molecular flexibility index (Phi) is 6.18. The van der Waals surface area contributed by atoms with Gasteiger partial charge in [-0.05, 0) is 39.7 Å². The van der Waals surface area contributed by atoms with Gasteiger partial charge in [0.1, 0.15) is 5.60 Å². The zero-order valence-corrected chi connectivity index (χ0v) is 13.2. The van der Waals surface area contributed by atoms with E-state index in [1.807, 2.05) is 30.3 Å². The monoisotopic (exact) mass is 294 g/mol. The van der Waals surface area contributed by atoms with Crippen LogP contribution >= 0.6 is 0 Å². The highest BCUT2D eigenvalue weighted by molar-refractivity contribution is 5.68. The van der Waals surface area contributed by atoms with Crippen LogP contribution in [0.1, 0.15) is 33.3 Å². The van der Waals surface area contributed by atoms with Crippen molar-refractivity contribution in [2.24, 2.45) is 5.73 Å². The number of nitrogens with one attached hydrogen (secondary N) is 1. The van der Waals surface area contributed by atoms with E-state index in [1.54, 1.807) is 27.7 Å². The van der Waals surface area contributed by atoms with Crippen LogP contribution in [-0.2, 0) is 11.2 Å². The van der Waals surface area contributed by atoms with Crippen molar-refractivity contribution < 1.29 is 14.6 Å². The topological polar surface area (TPSA) is 84.6 Å². The molecule has 2 unspecified atom stereocenters. The zero-order chi connectivity index (χ0) is 16.0. The highest BCUT2D eigenvalue weighted by Crippen LogP contribution is 2.11. The van der Waals surface area contributed by atoms with E-state index in [0.29, 0.717) is 6.42 Å². The SMILES string of the molecule is C[C@@H](N)C(O)C(Cc1ccccc1)NC(=O)OC(C)(C)C. The normalized spacial score (nSPS) is 15.9. The maximum Gasteiger partial charge on any atom is 0.407 e. The maximum atomic E-state index is 11.9. The lowest BCUT2D eigenvalue weighted by molar-refractivity contribution is 0.0400. The molecule has 0 aromatic heterocycles. The molecule has 0 radical (unpaired) electrons. The third-order valence-corrected chi connectivity index (χ3v) is 2.95. The Morgan fingerprint density at radius 3 is 2.38 bits per heavy atom. The molecule has 0 aliphatic heterocycles. The number of ether oxygens (including phenoxy) is 1. The van der Waals surface area contributed by atoms with Crippen molar-refractivity contribution in [2.45, 2.75) is 57.9 Å². The Morgan fingerprint density at radius 1 is 1.33 bits per heavy atom. The van der Waals surface area contributed by atoms with Gasteiger partial charge in [0, 0.05) is 6.04 Å². The van der Waals surface area contributed by atoms with Gasteiger partial charge >= 0.3 is 6.09 Å². The lowest BCUT2D eigenvalue weighted by Crippen LogP contribution is -2.52. The second-order valence-electron chi connectivity index (χ2n) is 6.29. The van der Waals surface area contributed by atoms with Crippen molar-refractivity contribution in [3.63, 3.8) is 0 Å². The van der Waals surface area contributed by atoms with Gasteiger partial charge in [-0.3, -0.25) is 0 Å². The summed E-state index contributed by atoms with van der Waals surface area (Å²) < 4.78 is 5.23. The summed E-state index contributed by atoms with van der Waals surface area (Å²) >= 11 is 0. The van der Waals surface area contributed by atoms with Crippen LogP contribution in [0.5, 0.6) is 0 Å². The first-order valence-electron chi connectivity index (χ1n) is 7.16. The Hall–Kier alpha value is -1.59. The van der Waals surface area contributed by atoms with E-state index in [4.69, 9.17) is 10.5 Å². The Balaban J connectivity index is 2.76. The first-order valence-corrected chi connectivity index (χ1v) is 7.16. The van der Waals surface area contributed by atoms with E-state index in [0.717, 1.165) is 5.56 Å². The molecular formula is C16H26N2O3. The maximum absolute atomic E-state index is 11.9. The fraction of sp³-hybridized carbons (Fsp3) is 0.562. The first-order chi connectivity index (χ1) is 9.69. The number of aliphatic hydroxyl groups excluding tert-OH is 1. The molecule has 1 amide bonds. The van der Waals surface area contributed by atoms with Crippen LogP contribution in [0.25, 0.3) is 0 Å². The predicted molar refractivity (Wildman–Crippen MR) is 83.0 cm³/mol. The zero-order valence-electron chi connectivity index (χ0n) is 13.2. The Morgan fingerprint density at radius 2 is 1.90 bits per heavy atom. The smallest absolute Gasteiger partial charge is 0.407 e. The summed E-state index contributed by atoms with van der Waals surface area (Å²) in [6.07, 6.45) is -0.913. The minimum atomic E-state index is -0.849. The molecule has 0 spiro atoms. The molecule has 1 aromatic carbocycles. The van der Waals surface area contributed by atoms with Crippen molar-refractivity contribution in [3.05, 3.63) is 35.9 Å². The van der Waals surface area contributed by atoms with Gasteiger partial charge in [-0.2, -0.15) is 0 Å². The standard InChI is InChI=1S/C16H26N2O3/c1-11(17)14(19)13(10-12-8-6-5-7-9-12)18-15(20)21-16(2,3)4/h5-9,11,13-14,19H,10,17H2,1-4H3,(H,18,20)/t11-,13?,14?/m1/s1. The van der Waals surface area contributed by atoms with Crippen LogP contribution in [0.3, 0.4) is 0 Å². The van der Waals surface area contributed by atoms with Crippen molar-refractivity contribution in [1.29, 1.82) is 0 Å². The summed E-state index contributed by atoms with van der Waals surface area (Å²) in [5, 5.41) is 12.9. The van der Waals surface area contributed by atoms with Crippen LogP contribution in [0.2, 0.25) is 0 Å². The third kappa shape index (κ3) is 6.60. The summed E-state index contributed by atoms with van der Waals surface area (Å²) in [5.74, 6) is 0. The summed E-state index contributed by atoms with van der Waals surface area (Å²) in [6, 6.07) is 8.68. The number of alkyl carbamates (subject to hydrolysis) is 1. The van der Waals surface area contributed by atoms with E-state index in [-0.39, 0.29) is 0 Å². The molecule has 0 heterocycles. The molecule has 21 heavy (non-hydrogen) atoms. The third-order valence-electron chi connectivity index (χ3n) is 2.95. The number of aliphatic hydroxyl groups is 1. The van der Waals surface area contributed by atoms with Crippen molar-refractivity contribution in [1.82, 2.24) is 5.32 Å². The first kappa shape index (κ1) is 17.5. The predicted octanol–water partition coefficient (Wildman–Crippen LogP) is 1.83. The number of amides is 1. The van der Waals surface area contributed by atoms with Gasteiger partial charge in [-0.25, -0.2) is 4.79 Å². The van der Waals surface area contributed by atoms with Crippen LogP contribution < -0.4 is 11.1 Å². The molecule has 0 saturated carbocycles. The average Bonchev–Trinajstić information content (AvgIpc) is 2.36. The second-order valence-corrected chi connectivity index (χ2v) is 6.29. The van der Waals surface area contributed by atoms with Crippen LogP contribution in [0.15, 0.2) is 30.3 Å². The lowest BCUT2D eigenvalue weighted by Gasteiger charge is -2.28. The van der Waals surface area contributed by atoms with Gasteiger partial charge in [0.25, 0.3) is 0 Å². The Labute approximate surface area is 126 Å². The second kappa shape index (κ2) is 7.43. The summed E-state index contributed by atoms with van der Waals surface area (Å²) in [6.45, 7) is 7.09. The van der Waals surface area contributed by atoms with E-state index in [9.17, 15) is 9.90 Å². The van der Waals surface area contributed by atoms with E-state index >= 15 is 0 Å². The highest BCUT2D eigenvalue weighted by Gasteiger charge is 2.26. The highest BCUT2D eigenvalue weighted by atomic mass is 16.6. The minimum absolute atomic E-state index is 0.450. The largest absolute Gasteiger partial charge is 0.444 e. The molecule has 3 atom stereocenters. The average molecular weight is 294 g/mol. The van der Waals surface area contributed by atoms with Crippen LogP contribution in [0.4, 0.5) is 4.79 Å². The fourth-order valence-corrected chi connectivity index (χ4v) is 1.95. The fourth-order valence-electron chi connectivity index (χ4n) is 1.95. The molecule has 118 valence electrons. The van der Waals surface area contributed by atoms with Gasteiger partial charge < -0.3 is 20.9 Å². The number of nitrogens with two attached hydrogens (primary N) is 1. The quantitative estimate of drug-likeness (QED) is 0.773. The molecular weight excluding hydrogens is 268 g/mol. The molecule has 0 aliphatic rings. The lowest BCUT2D eigenvalue weighted by atomic mass is 9.97. The number of carbonyl (C=O) groups excluding carboxylic acids is 1. The number of hydrogen-bond donors (Lipinski definition) is 3. The Bertz CT molecular complexity index is 441. The summed E-state index contributed by atoms with van der Waals surface area (Å²) in [7, 11) is 0. The van der Waals surface area contributed by atoms with Gasteiger partial charge in [-0.15, -0.1) is 0 Å². The molecule has 1 aromatic rings. The van der Waals surface area contributed by atoms with Gasteiger partial charge in [0.05, 0.1) is 12.1 Å². The van der Waals surface area contributed by atoms with Crippen molar-refractivity contribution in [2.75, 3.05) is 0 Å². The van der Waals surface area contributed by atoms with E-state index < -0.39 is 29.9 Å².